The molecule has 0 aliphatic rings. The summed E-state index contributed by atoms with van der Waals surface area (Å²) in [6.07, 6.45) is 1.30. The second-order valence-corrected chi connectivity index (χ2v) is 4.98. The minimum absolute atomic E-state index is 0. The highest BCUT2D eigenvalue weighted by molar-refractivity contribution is 9.10. The molecule has 3 N–H and O–H groups in total. The third-order valence-corrected chi connectivity index (χ3v) is 3.00. The number of aromatic amines is 1. The van der Waals surface area contributed by atoms with Crippen molar-refractivity contribution in [1.82, 2.24) is 20.2 Å². The van der Waals surface area contributed by atoms with Crippen LogP contribution < -0.4 is 21.9 Å². The second kappa shape index (κ2) is 8.93. The molecular weight excluding hydrogens is 352 g/mol. The molecule has 7 nitrogen and oxygen atoms in total. The van der Waals surface area contributed by atoms with Crippen molar-refractivity contribution in [3.05, 3.63) is 31.5 Å². The summed E-state index contributed by atoms with van der Waals surface area (Å²) in [7, 11) is 0. The zero-order valence-electron chi connectivity index (χ0n) is 11.2. The summed E-state index contributed by atoms with van der Waals surface area (Å²) in [6, 6.07) is 0.160. The number of H-pyrrole nitrogens is 1. The van der Waals surface area contributed by atoms with E-state index in [0.29, 0.717) is 6.54 Å². The fourth-order valence-corrected chi connectivity index (χ4v) is 1.84. The molecule has 1 heterocycles. The predicted molar refractivity (Wildman–Crippen MR) is 82.4 cm³/mol. The van der Waals surface area contributed by atoms with Gasteiger partial charge in [-0.1, -0.05) is 6.92 Å². The van der Waals surface area contributed by atoms with Gasteiger partial charge < -0.3 is 10.6 Å². The van der Waals surface area contributed by atoms with Gasteiger partial charge in [0.25, 0.3) is 5.56 Å². The van der Waals surface area contributed by atoms with Crippen molar-refractivity contribution < 1.29 is 4.79 Å². The van der Waals surface area contributed by atoms with Gasteiger partial charge in [0, 0.05) is 18.8 Å². The Hall–Kier alpha value is -1.12. The lowest BCUT2D eigenvalue weighted by molar-refractivity contribution is -0.121. The van der Waals surface area contributed by atoms with Gasteiger partial charge in [0.15, 0.2) is 0 Å². The average Bonchev–Trinajstić information content (AvgIpc) is 2.34. The molecule has 1 rings (SSSR count). The average molecular weight is 370 g/mol. The molecular formula is C11H18BrClN4O3. The fourth-order valence-electron chi connectivity index (χ4n) is 1.50. The molecule has 1 aromatic heterocycles. The van der Waals surface area contributed by atoms with Crippen molar-refractivity contribution >= 4 is 34.2 Å². The summed E-state index contributed by atoms with van der Waals surface area (Å²) < 4.78 is 1.35. The summed E-state index contributed by atoms with van der Waals surface area (Å²) in [6.45, 7) is 5.10. The number of carbonyl (C=O) groups excluding carboxylic acids is 1. The summed E-state index contributed by atoms with van der Waals surface area (Å²) in [5.41, 5.74) is -1.12. The van der Waals surface area contributed by atoms with E-state index >= 15 is 0 Å². The van der Waals surface area contributed by atoms with Crippen LogP contribution in [0, 0.1) is 0 Å². The molecule has 0 saturated carbocycles. The van der Waals surface area contributed by atoms with Gasteiger partial charge in [-0.3, -0.25) is 19.1 Å². The minimum Gasteiger partial charge on any atom is -0.353 e. The number of hydrogen-bond donors (Lipinski definition) is 3. The van der Waals surface area contributed by atoms with Gasteiger partial charge in [0.1, 0.15) is 6.54 Å². The molecule has 20 heavy (non-hydrogen) atoms. The molecule has 0 fully saturated rings. The molecule has 0 aromatic carbocycles. The first-order valence-electron chi connectivity index (χ1n) is 5.93. The summed E-state index contributed by atoms with van der Waals surface area (Å²) in [4.78, 5) is 36.4. The second-order valence-electron chi connectivity index (χ2n) is 4.13. The van der Waals surface area contributed by atoms with E-state index in [-0.39, 0.29) is 35.4 Å². The molecule has 0 unspecified atom stereocenters. The monoisotopic (exact) mass is 368 g/mol. The first kappa shape index (κ1) is 18.9. The quantitative estimate of drug-likeness (QED) is 0.649. The molecule has 114 valence electrons. The van der Waals surface area contributed by atoms with E-state index in [9.17, 15) is 14.4 Å². The summed E-state index contributed by atoms with van der Waals surface area (Å²) in [5, 5.41) is 5.86. The van der Waals surface area contributed by atoms with E-state index in [1.165, 1.54) is 6.20 Å². The number of nitrogens with zero attached hydrogens (tertiary/aromatic N) is 1. The molecule has 1 atom stereocenters. The predicted octanol–water partition coefficient (Wildman–Crippen LogP) is -0.165. The van der Waals surface area contributed by atoms with Gasteiger partial charge in [0.2, 0.25) is 5.91 Å². The fraction of sp³-hybridized carbons (Fsp3) is 0.545. The van der Waals surface area contributed by atoms with Gasteiger partial charge in [-0.05, 0) is 29.4 Å². The van der Waals surface area contributed by atoms with Crippen molar-refractivity contribution in [2.75, 3.05) is 13.1 Å². The number of amides is 1. The van der Waals surface area contributed by atoms with Crippen LogP contribution in [0.5, 0.6) is 0 Å². The van der Waals surface area contributed by atoms with Crippen molar-refractivity contribution in [2.45, 2.75) is 26.4 Å². The number of nitrogens with one attached hydrogen (secondary N) is 3. The number of hydrogen-bond acceptors (Lipinski definition) is 4. The topological polar surface area (TPSA) is 96.0 Å². The van der Waals surface area contributed by atoms with Crippen LogP contribution in [0.4, 0.5) is 0 Å². The lowest BCUT2D eigenvalue weighted by Gasteiger charge is -2.13. The van der Waals surface area contributed by atoms with Crippen molar-refractivity contribution in [3.8, 4) is 0 Å². The zero-order chi connectivity index (χ0) is 14.4. The Balaban J connectivity index is 0.00000361. The third-order valence-electron chi connectivity index (χ3n) is 2.44. The molecule has 0 bridgehead atoms. The van der Waals surface area contributed by atoms with Crippen molar-refractivity contribution in [2.24, 2.45) is 0 Å². The van der Waals surface area contributed by atoms with Crippen LogP contribution in [-0.4, -0.2) is 34.6 Å². The van der Waals surface area contributed by atoms with Crippen molar-refractivity contribution in [3.63, 3.8) is 0 Å². The van der Waals surface area contributed by atoms with Gasteiger partial charge in [-0.2, -0.15) is 0 Å². The van der Waals surface area contributed by atoms with Crippen molar-refractivity contribution in [1.29, 1.82) is 0 Å². The Kier molecular flexibility index (Phi) is 8.43. The molecule has 9 heteroatoms. The van der Waals surface area contributed by atoms with E-state index in [1.807, 2.05) is 13.8 Å². The number of halogens is 2. The lowest BCUT2D eigenvalue weighted by Crippen LogP contribution is -2.41. The minimum atomic E-state index is -0.608. The molecule has 0 aliphatic heterocycles. The van der Waals surface area contributed by atoms with Gasteiger partial charge in [-0.25, -0.2) is 4.79 Å². The standard InChI is InChI=1S/C11H17BrN4O3.ClH/c1-3-13-7(2)4-14-9(17)6-16-5-8(12)10(18)15-11(16)19;/h5,7,13H,3-4,6H2,1-2H3,(H,14,17)(H,15,18,19);1H/t7-;/m1./s1. The number of aromatic nitrogens is 2. The Morgan fingerprint density at radius 2 is 2.15 bits per heavy atom. The van der Waals surface area contributed by atoms with E-state index < -0.39 is 11.2 Å². The van der Waals surface area contributed by atoms with E-state index in [0.717, 1.165) is 11.1 Å². The van der Waals surface area contributed by atoms with Gasteiger partial charge >= 0.3 is 5.69 Å². The Morgan fingerprint density at radius 3 is 2.75 bits per heavy atom. The van der Waals surface area contributed by atoms with Crippen LogP contribution in [0.15, 0.2) is 20.3 Å². The zero-order valence-corrected chi connectivity index (χ0v) is 13.6. The molecule has 0 radical (unpaired) electrons. The first-order valence-corrected chi connectivity index (χ1v) is 6.72. The maximum absolute atomic E-state index is 11.7. The van der Waals surface area contributed by atoms with Crippen LogP contribution in [0.2, 0.25) is 0 Å². The van der Waals surface area contributed by atoms with Crippen LogP contribution in [0.3, 0.4) is 0 Å². The highest BCUT2D eigenvalue weighted by Gasteiger charge is 2.08. The van der Waals surface area contributed by atoms with E-state index in [1.54, 1.807) is 0 Å². The third kappa shape index (κ3) is 5.89. The Bertz CT molecular complexity index is 557. The van der Waals surface area contributed by atoms with Crippen LogP contribution in [0.25, 0.3) is 0 Å². The highest BCUT2D eigenvalue weighted by atomic mass is 79.9. The normalized spacial score (nSPS) is 11.6. The Morgan fingerprint density at radius 1 is 1.50 bits per heavy atom. The number of carbonyl (C=O) groups is 1. The largest absolute Gasteiger partial charge is 0.353 e. The van der Waals surface area contributed by atoms with Gasteiger partial charge in [0.05, 0.1) is 4.47 Å². The van der Waals surface area contributed by atoms with E-state index in [2.05, 4.69) is 31.5 Å². The van der Waals surface area contributed by atoms with E-state index in [4.69, 9.17) is 0 Å². The maximum atomic E-state index is 11.7. The Labute approximate surface area is 130 Å². The van der Waals surface area contributed by atoms with Crippen LogP contribution >= 0.6 is 28.3 Å². The SMILES string of the molecule is CCN[C@H](C)CNC(=O)Cn1cc(Br)c(=O)[nH]c1=O.Cl. The summed E-state index contributed by atoms with van der Waals surface area (Å²) in [5.74, 6) is -0.286. The molecule has 0 saturated heterocycles. The van der Waals surface area contributed by atoms with Crippen LogP contribution in [0.1, 0.15) is 13.8 Å². The molecule has 1 amide bonds. The first-order chi connectivity index (χ1) is 8.93. The lowest BCUT2D eigenvalue weighted by atomic mass is 10.3. The maximum Gasteiger partial charge on any atom is 0.328 e. The van der Waals surface area contributed by atoms with Gasteiger partial charge in [-0.15, -0.1) is 12.4 Å². The molecule has 1 aromatic rings. The molecule has 0 spiro atoms. The molecule has 0 aliphatic carbocycles. The number of rotatable bonds is 6. The van der Waals surface area contributed by atoms with Crippen LogP contribution in [-0.2, 0) is 11.3 Å². The number of likely N-dealkylation sites (N-methyl/N-ethyl adjacent to an activating group) is 1. The highest BCUT2D eigenvalue weighted by Crippen LogP contribution is 1.97. The smallest absolute Gasteiger partial charge is 0.328 e. The summed E-state index contributed by atoms with van der Waals surface area (Å²) >= 11 is 3.01.